The molecule has 2 N–H and O–H groups in total. The second kappa shape index (κ2) is 5.61. The molecule has 0 aliphatic heterocycles. The number of benzene rings is 1. The van der Waals surface area contributed by atoms with E-state index in [0.717, 1.165) is 30.4 Å². The maximum atomic E-state index is 5.90. The third-order valence-electron chi connectivity index (χ3n) is 4.03. The van der Waals surface area contributed by atoms with Gasteiger partial charge in [0.25, 0.3) is 0 Å². The van der Waals surface area contributed by atoms with Gasteiger partial charge in [0, 0.05) is 0 Å². The van der Waals surface area contributed by atoms with Crippen LogP contribution in [-0.2, 0) is 0 Å². The van der Waals surface area contributed by atoms with Gasteiger partial charge in [0.15, 0.2) is 11.5 Å². The minimum absolute atomic E-state index is 0.238. The Bertz CT molecular complexity index is 390. The van der Waals surface area contributed by atoms with Crippen molar-refractivity contribution >= 4 is 0 Å². The molecule has 1 aliphatic carbocycles. The fraction of sp³-hybridized carbons (Fsp3) is 0.600. The highest BCUT2D eigenvalue weighted by Gasteiger charge is 2.40. The first-order valence-corrected chi connectivity index (χ1v) is 6.65. The first-order chi connectivity index (χ1) is 8.69. The molecule has 0 aromatic heterocycles. The van der Waals surface area contributed by atoms with Crippen molar-refractivity contribution in [3.05, 3.63) is 24.3 Å². The summed E-state index contributed by atoms with van der Waals surface area (Å²) in [6.45, 7) is 3.72. The van der Waals surface area contributed by atoms with Crippen LogP contribution in [0.4, 0.5) is 0 Å². The summed E-state index contributed by atoms with van der Waals surface area (Å²) in [7, 11) is 1.66. The van der Waals surface area contributed by atoms with E-state index in [9.17, 15) is 0 Å². The molecule has 2 rings (SSSR count). The lowest BCUT2D eigenvalue weighted by molar-refractivity contribution is 0.189. The molecule has 3 nitrogen and oxygen atoms in total. The molecule has 100 valence electrons. The van der Waals surface area contributed by atoms with Gasteiger partial charge in [-0.05, 0) is 49.3 Å². The Morgan fingerprint density at radius 1 is 1.28 bits per heavy atom. The molecule has 3 heteroatoms. The standard InChI is InChI=1S/C15H23NO2/c1-15(11-16,12-7-8-12)9-10-18-14-6-4-3-5-13(14)17-2/h3-6,12H,7-11,16H2,1-2H3. The number of hydrogen-bond acceptors (Lipinski definition) is 3. The molecule has 1 atom stereocenters. The monoisotopic (exact) mass is 249 g/mol. The minimum atomic E-state index is 0.238. The van der Waals surface area contributed by atoms with Crippen LogP contribution < -0.4 is 15.2 Å². The molecule has 18 heavy (non-hydrogen) atoms. The molecule has 1 fully saturated rings. The van der Waals surface area contributed by atoms with E-state index in [-0.39, 0.29) is 5.41 Å². The number of hydrogen-bond donors (Lipinski definition) is 1. The Kier molecular flexibility index (Phi) is 4.12. The van der Waals surface area contributed by atoms with Gasteiger partial charge >= 0.3 is 0 Å². The normalized spacial score (nSPS) is 18.2. The Morgan fingerprint density at radius 3 is 2.50 bits per heavy atom. The van der Waals surface area contributed by atoms with Gasteiger partial charge in [-0.1, -0.05) is 19.1 Å². The van der Waals surface area contributed by atoms with Crippen molar-refractivity contribution in [2.45, 2.75) is 26.2 Å². The van der Waals surface area contributed by atoms with Gasteiger partial charge in [-0.15, -0.1) is 0 Å². The quantitative estimate of drug-likeness (QED) is 0.808. The Morgan fingerprint density at radius 2 is 1.94 bits per heavy atom. The summed E-state index contributed by atoms with van der Waals surface area (Å²) < 4.78 is 11.1. The summed E-state index contributed by atoms with van der Waals surface area (Å²) in [5.74, 6) is 2.40. The molecule has 0 bridgehead atoms. The number of rotatable bonds is 7. The van der Waals surface area contributed by atoms with Crippen molar-refractivity contribution < 1.29 is 9.47 Å². The van der Waals surface area contributed by atoms with Gasteiger partial charge in [0.2, 0.25) is 0 Å². The average Bonchev–Trinajstić information content (AvgIpc) is 3.24. The largest absolute Gasteiger partial charge is 0.493 e. The Balaban J connectivity index is 1.87. The molecule has 0 heterocycles. The molecule has 1 aromatic carbocycles. The minimum Gasteiger partial charge on any atom is -0.493 e. The zero-order valence-electron chi connectivity index (χ0n) is 11.3. The molecule has 1 aliphatic rings. The zero-order valence-corrected chi connectivity index (χ0v) is 11.3. The van der Waals surface area contributed by atoms with Crippen molar-refractivity contribution in [1.29, 1.82) is 0 Å². The fourth-order valence-electron chi connectivity index (χ4n) is 2.39. The zero-order chi connectivity index (χ0) is 13.0. The fourth-order valence-corrected chi connectivity index (χ4v) is 2.39. The lowest BCUT2D eigenvalue weighted by atomic mass is 9.82. The van der Waals surface area contributed by atoms with Gasteiger partial charge in [0.05, 0.1) is 13.7 Å². The van der Waals surface area contributed by atoms with E-state index in [0.29, 0.717) is 6.61 Å². The van der Waals surface area contributed by atoms with Crippen LogP contribution in [-0.4, -0.2) is 20.3 Å². The number of nitrogens with two attached hydrogens (primary N) is 1. The van der Waals surface area contributed by atoms with E-state index in [2.05, 4.69) is 6.92 Å². The molecular weight excluding hydrogens is 226 g/mol. The van der Waals surface area contributed by atoms with E-state index in [1.165, 1.54) is 12.8 Å². The molecule has 1 saturated carbocycles. The highest BCUT2D eigenvalue weighted by atomic mass is 16.5. The van der Waals surface area contributed by atoms with Crippen LogP contribution in [0.2, 0.25) is 0 Å². The van der Waals surface area contributed by atoms with Crippen molar-refractivity contribution in [3.8, 4) is 11.5 Å². The Hall–Kier alpha value is -1.22. The van der Waals surface area contributed by atoms with Crippen LogP contribution in [0.3, 0.4) is 0 Å². The van der Waals surface area contributed by atoms with Crippen LogP contribution in [0.15, 0.2) is 24.3 Å². The topological polar surface area (TPSA) is 44.5 Å². The predicted octanol–water partition coefficient (Wildman–Crippen LogP) is 2.84. The van der Waals surface area contributed by atoms with Crippen molar-refractivity contribution in [3.63, 3.8) is 0 Å². The van der Waals surface area contributed by atoms with Gasteiger partial charge in [-0.3, -0.25) is 0 Å². The average molecular weight is 249 g/mol. The number of para-hydroxylation sites is 2. The first kappa shape index (κ1) is 13.2. The molecule has 0 radical (unpaired) electrons. The number of methoxy groups -OCH3 is 1. The van der Waals surface area contributed by atoms with Gasteiger partial charge < -0.3 is 15.2 Å². The number of ether oxygens (including phenoxy) is 2. The van der Waals surface area contributed by atoms with Crippen LogP contribution in [0, 0.1) is 11.3 Å². The summed E-state index contributed by atoms with van der Waals surface area (Å²) in [6.07, 6.45) is 3.65. The molecule has 1 unspecified atom stereocenters. The van der Waals surface area contributed by atoms with Crippen LogP contribution in [0.5, 0.6) is 11.5 Å². The lowest BCUT2D eigenvalue weighted by Gasteiger charge is -2.28. The second-order valence-electron chi connectivity index (χ2n) is 5.38. The second-order valence-corrected chi connectivity index (χ2v) is 5.38. The van der Waals surface area contributed by atoms with E-state index < -0.39 is 0 Å². The molecule has 0 spiro atoms. The van der Waals surface area contributed by atoms with Gasteiger partial charge in [-0.2, -0.15) is 0 Å². The first-order valence-electron chi connectivity index (χ1n) is 6.65. The smallest absolute Gasteiger partial charge is 0.161 e. The van der Waals surface area contributed by atoms with E-state index in [4.69, 9.17) is 15.2 Å². The Labute approximate surface area is 109 Å². The van der Waals surface area contributed by atoms with Gasteiger partial charge in [0.1, 0.15) is 0 Å². The third kappa shape index (κ3) is 2.96. The maximum Gasteiger partial charge on any atom is 0.161 e. The summed E-state index contributed by atoms with van der Waals surface area (Å²) >= 11 is 0. The molecular formula is C15H23NO2. The summed E-state index contributed by atoms with van der Waals surface area (Å²) in [5.41, 5.74) is 6.14. The molecule has 0 amide bonds. The van der Waals surface area contributed by atoms with Crippen LogP contribution in [0.25, 0.3) is 0 Å². The predicted molar refractivity (Wildman–Crippen MR) is 73.0 cm³/mol. The highest BCUT2D eigenvalue weighted by molar-refractivity contribution is 5.39. The summed E-state index contributed by atoms with van der Waals surface area (Å²) in [5, 5.41) is 0. The highest BCUT2D eigenvalue weighted by Crippen LogP contribution is 2.47. The molecule has 0 saturated heterocycles. The van der Waals surface area contributed by atoms with Crippen LogP contribution >= 0.6 is 0 Å². The SMILES string of the molecule is COc1ccccc1OCCC(C)(CN)C1CC1. The third-order valence-corrected chi connectivity index (χ3v) is 4.03. The van der Waals surface area contributed by atoms with Crippen molar-refractivity contribution in [2.24, 2.45) is 17.1 Å². The summed E-state index contributed by atoms with van der Waals surface area (Å²) in [6, 6.07) is 7.76. The van der Waals surface area contributed by atoms with Gasteiger partial charge in [-0.25, -0.2) is 0 Å². The van der Waals surface area contributed by atoms with Crippen molar-refractivity contribution in [2.75, 3.05) is 20.3 Å². The van der Waals surface area contributed by atoms with Crippen LogP contribution in [0.1, 0.15) is 26.2 Å². The van der Waals surface area contributed by atoms with E-state index >= 15 is 0 Å². The molecule has 1 aromatic rings. The van der Waals surface area contributed by atoms with E-state index in [1.54, 1.807) is 7.11 Å². The van der Waals surface area contributed by atoms with E-state index in [1.807, 2.05) is 24.3 Å². The van der Waals surface area contributed by atoms with Crippen molar-refractivity contribution in [1.82, 2.24) is 0 Å². The summed E-state index contributed by atoms with van der Waals surface area (Å²) in [4.78, 5) is 0. The lowest BCUT2D eigenvalue weighted by Crippen LogP contribution is -2.31. The maximum absolute atomic E-state index is 5.90.